The van der Waals surface area contributed by atoms with Crippen LogP contribution >= 0.6 is 11.6 Å². The molecule has 4 rings (SSSR count). The number of hydrogen-bond acceptors (Lipinski definition) is 5. The second-order valence-electron chi connectivity index (χ2n) is 9.77. The molecule has 3 atom stereocenters. The van der Waals surface area contributed by atoms with Gasteiger partial charge in [0, 0.05) is 45.0 Å². The molecule has 34 heavy (non-hydrogen) atoms. The summed E-state index contributed by atoms with van der Waals surface area (Å²) in [7, 11) is 1.68. The number of carbonyl (C=O) groups is 2. The Balaban J connectivity index is 1.30. The third-order valence-electron chi connectivity index (χ3n) is 7.69. The van der Waals surface area contributed by atoms with E-state index >= 15 is 0 Å². The molecule has 0 bridgehead atoms. The number of β-amino-alcohol motifs (C(OH)–C–C–N with tert-alkyl or cyclic N) is 1. The highest BCUT2D eigenvalue weighted by Crippen LogP contribution is 2.53. The first-order valence-corrected chi connectivity index (χ1v) is 12.3. The zero-order chi connectivity index (χ0) is 24.5. The molecule has 3 aliphatic rings. The molecule has 0 unspecified atom stereocenters. The summed E-state index contributed by atoms with van der Waals surface area (Å²) < 4.78 is 18.8. The van der Waals surface area contributed by atoms with Gasteiger partial charge in [-0.2, -0.15) is 0 Å². The lowest BCUT2D eigenvalue weighted by Crippen LogP contribution is -2.59. The van der Waals surface area contributed by atoms with Crippen LogP contribution in [0.4, 0.5) is 14.9 Å². The van der Waals surface area contributed by atoms with Crippen molar-refractivity contribution in [2.45, 2.75) is 50.8 Å². The Morgan fingerprint density at radius 1 is 1.32 bits per heavy atom. The Kier molecular flexibility index (Phi) is 7.66. The van der Waals surface area contributed by atoms with Crippen LogP contribution in [-0.2, 0) is 9.53 Å². The molecule has 1 spiro atoms. The number of nitrogens with zero attached hydrogens (tertiary/aromatic N) is 3. The SMILES string of the molecule is COC[C@H](CCN1CCN(C(=O)Nc2ccc(F)c(Cl)c2)[C@@H](C)C1=O)N1CCC2(CC2)[C@H](O)C1. The van der Waals surface area contributed by atoms with Crippen molar-refractivity contribution < 1.29 is 23.8 Å². The van der Waals surface area contributed by atoms with Crippen LogP contribution in [-0.4, -0.2) is 96.4 Å². The van der Waals surface area contributed by atoms with Gasteiger partial charge in [0.05, 0.1) is 17.7 Å². The molecule has 2 aliphatic heterocycles. The second-order valence-corrected chi connectivity index (χ2v) is 10.2. The zero-order valence-electron chi connectivity index (χ0n) is 19.8. The third-order valence-corrected chi connectivity index (χ3v) is 7.98. The average Bonchev–Trinajstić information content (AvgIpc) is 3.59. The molecular formula is C24H34ClFN4O4. The van der Waals surface area contributed by atoms with Gasteiger partial charge >= 0.3 is 6.03 Å². The number of rotatable bonds is 7. The summed E-state index contributed by atoms with van der Waals surface area (Å²) in [6, 6.07) is 3.06. The van der Waals surface area contributed by atoms with E-state index in [4.69, 9.17) is 16.3 Å². The van der Waals surface area contributed by atoms with Gasteiger partial charge in [-0.15, -0.1) is 0 Å². The number of piperazine rings is 1. The molecule has 2 saturated heterocycles. The van der Waals surface area contributed by atoms with E-state index in [0.29, 0.717) is 38.5 Å². The maximum atomic E-state index is 13.4. The second kappa shape index (κ2) is 10.4. The Morgan fingerprint density at radius 3 is 2.74 bits per heavy atom. The first-order chi connectivity index (χ1) is 16.2. The Hall–Kier alpha value is -1.94. The van der Waals surface area contributed by atoms with Crippen molar-refractivity contribution in [2.75, 3.05) is 51.8 Å². The van der Waals surface area contributed by atoms with Crippen molar-refractivity contribution in [3.05, 3.63) is 29.0 Å². The number of amides is 3. The minimum absolute atomic E-state index is 0.0779. The molecular weight excluding hydrogens is 463 g/mol. The number of benzene rings is 1. The van der Waals surface area contributed by atoms with Crippen molar-refractivity contribution >= 4 is 29.2 Å². The zero-order valence-corrected chi connectivity index (χ0v) is 20.6. The number of aliphatic hydroxyl groups excluding tert-OH is 1. The van der Waals surface area contributed by atoms with Crippen molar-refractivity contribution in [3.8, 4) is 0 Å². The number of methoxy groups -OCH3 is 1. The van der Waals surface area contributed by atoms with Gasteiger partial charge in [-0.25, -0.2) is 9.18 Å². The van der Waals surface area contributed by atoms with E-state index in [1.54, 1.807) is 18.9 Å². The maximum absolute atomic E-state index is 13.4. The van der Waals surface area contributed by atoms with Crippen LogP contribution in [0.15, 0.2) is 18.2 Å². The summed E-state index contributed by atoms with van der Waals surface area (Å²) in [6.07, 6.45) is 3.70. The molecule has 3 fully saturated rings. The Labute approximate surface area is 205 Å². The van der Waals surface area contributed by atoms with Crippen molar-refractivity contribution in [1.29, 1.82) is 0 Å². The van der Waals surface area contributed by atoms with Crippen LogP contribution in [0.25, 0.3) is 0 Å². The predicted molar refractivity (Wildman–Crippen MR) is 127 cm³/mol. The fourth-order valence-electron chi connectivity index (χ4n) is 5.18. The summed E-state index contributed by atoms with van der Waals surface area (Å²) in [5.74, 6) is -0.667. The van der Waals surface area contributed by atoms with Gasteiger partial charge in [0.25, 0.3) is 0 Å². The van der Waals surface area contributed by atoms with Gasteiger partial charge in [0.15, 0.2) is 0 Å². The third kappa shape index (κ3) is 5.32. The molecule has 2 N–H and O–H groups in total. The number of urea groups is 1. The molecule has 1 aliphatic carbocycles. The number of nitrogens with one attached hydrogen (secondary N) is 1. The van der Waals surface area contributed by atoms with Crippen LogP contribution < -0.4 is 5.32 Å². The largest absolute Gasteiger partial charge is 0.391 e. The van der Waals surface area contributed by atoms with Crippen LogP contribution in [0.3, 0.4) is 0 Å². The normalized spacial score (nSPS) is 25.5. The molecule has 0 radical (unpaired) electrons. The van der Waals surface area contributed by atoms with E-state index in [-0.39, 0.29) is 28.5 Å². The highest BCUT2D eigenvalue weighted by molar-refractivity contribution is 6.31. The minimum Gasteiger partial charge on any atom is -0.391 e. The number of hydrogen-bond donors (Lipinski definition) is 2. The predicted octanol–water partition coefficient (Wildman–Crippen LogP) is 2.80. The number of likely N-dealkylation sites (tertiary alicyclic amines) is 1. The molecule has 1 aromatic rings. The fourth-order valence-corrected chi connectivity index (χ4v) is 5.36. The van der Waals surface area contributed by atoms with E-state index in [1.165, 1.54) is 23.1 Å². The molecule has 8 nitrogen and oxygen atoms in total. The number of piperidine rings is 1. The summed E-state index contributed by atoms with van der Waals surface area (Å²) in [4.78, 5) is 31.3. The van der Waals surface area contributed by atoms with Crippen molar-refractivity contribution in [1.82, 2.24) is 14.7 Å². The number of anilines is 1. The lowest BCUT2D eigenvalue weighted by molar-refractivity contribution is -0.139. The molecule has 188 valence electrons. The van der Waals surface area contributed by atoms with Gasteiger partial charge in [-0.3, -0.25) is 9.69 Å². The van der Waals surface area contributed by atoms with Gasteiger partial charge in [-0.1, -0.05) is 11.6 Å². The lowest BCUT2D eigenvalue weighted by atomic mass is 9.89. The van der Waals surface area contributed by atoms with Gasteiger partial charge in [-0.05, 0) is 62.8 Å². The summed E-state index contributed by atoms with van der Waals surface area (Å²) >= 11 is 5.79. The molecule has 1 saturated carbocycles. The molecule has 0 aromatic heterocycles. The fraction of sp³-hybridized carbons (Fsp3) is 0.667. The monoisotopic (exact) mass is 496 g/mol. The first kappa shape index (κ1) is 25.2. The van der Waals surface area contributed by atoms with Crippen LogP contribution in [0.1, 0.15) is 32.6 Å². The van der Waals surface area contributed by atoms with Gasteiger partial charge in [0.2, 0.25) is 5.91 Å². The van der Waals surface area contributed by atoms with E-state index < -0.39 is 17.9 Å². The standard InChI is InChI=1S/C24H34ClFN4O4/c1-16-22(32)28(11-12-30(16)23(33)27-17-3-4-20(26)19(25)13-17)9-5-18(15-34-2)29-10-8-24(6-7-24)21(31)14-29/h3-4,13,16,18,21,31H,5-12,14-15H2,1-2H3,(H,27,33)/t16-,18-,21+/m0/s1. The summed E-state index contributed by atoms with van der Waals surface area (Å²) in [5, 5.41) is 13.2. The van der Waals surface area contributed by atoms with E-state index in [0.717, 1.165) is 32.2 Å². The number of ether oxygens (including phenoxy) is 1. The lowest BCUT2D eigenvalue weighted by Gasteiger charge is -2.42. The molecule has 2 heterocycles. The Bertz CT molecular complexity index is 915. The highest BCUT2D eigenvalue weighted by atomic mass is 35.5. The van der Waals surface area contributed by atoms with E-state index in [2.05, 4.69) is 10.2 Å². The first-order valence-electron chi connectivity index (χ1n) is 12.0. The number of halogens is 2. The maximum Gasteiger partial charge on any atom is 0.322 e. The number of aliphatic hydroxyl groups is 1. The number of carbonyl (C=O) groups excluding carboxylic acids is 2. The molecule has 3 amide bonds. The molecule has 10 heteroatoms. The Morgan fingerprint density at radius 2 is 2.09 bits per heavy atom. The van der Waals surface area contributed by atoms with Gasteiger partial charge in [0.1, 0.15) is 11.9 Å². The minimum atomic E-state index is -0.614. The van der Waals surface area contributed by atoms with Gasteiger partial charge < -0.3 is 25.0 Å². The smallest absolute Gasteiger partial charge is 0.322 e. The van der Waals surface area contributed by atoms with Crippen molar-refractivity contribution in [3.63, 3.8) is 0 Å². The molecule has 1 aromatic carbocycles. The average molecular weight is 497 g/mol. The van der Waals surface area contributed by atoms with E-state index in [1.807, 2.05) is 0 Å². The van der Waals surface area contributed by atoms with E-state index in [9.17, 15) is 19.1 Å². The highest BCUT2D eigenvalue weighted by Gasteiger charge is 2.51. The van der Waals surface area contributed by atoms with Crippen LogP contribution in [0.5, 0.6) is 0 Å². The topological polar surface area (TPSA) is 85.4 Å². The van der Waals surface area contributed by atoms with Crippen LogP contribution in [0, 0.1) is 11.2 Å². The summed E-state index contributed by atoms with van der Waals surface area (Å²) in [5.41, 5.74) is 0.521. The van der Waals surface area contributed by atoms with Crippen LogP contribution in [0.2, 0.25) is 5.02 Å². The van der Waals surface area contributed by atoms with Crippen molar-refractivity contribution in [2.24, 2.45) is 5.41 Å². The summed E-state index contributed by atoms with van der Waals surface area (Å²) in [6.45, 7) is 5.26. The quantitative estimate of drug-likeness (QED) is 0.606.